The standard InChI is InChI=1S/C25H26ClN5O2/c26-21-13-17(6-9-23(21)33-20-7-8-20)22-14-19(16-29-30-22)25(32)28-15-18-5-4-10-27-24(18)31-11-2-1-3-12-31/h4-6,9-10,13-14,16,20H,1-3,7-8,11-12,15H2,(H,28,32). The molecule has 0 unspecified atom stereocenters. The zero-order valence-corrected chi connectivity index (χ0v) is 19.1. The van der Waals surface area contributed by atoms with Gasteiger partial charge in [-0.1, -0.05) is 17.7 Å². The fourth-order valence-corrected chi connectivity index (χ4v) is 4.21. The van der Waals surface area contributed by atoms with E-state index in [-0.39, 0.29) is 12.0 Å². The van der Waals surface area contributed by atoms with E-state index in [1.165, 1.54) is 25.5 Å². The highest BCUT2D eigenvalue weighted by Gasteiger charge is 2.24. The molecule has 0 spiro atoms. The van der Waals surface area contributed by atoms with Crippen molar-refractivity contribution in [2.24, 2.45) is 0 Å². The van der Waals surface area contributed by atoms with Gasteiger partial charge in [0, 0.05) is 37.0 Å². The molecule has 2 fully saturated rings. The summed E-state index contributed by atoms with van der Waals surface area (Å²) in [4.78, 5) is 19.8. The second kappa shape index (κ2) is 9.75. The van der Waals surface area contributed by atoms with Crippen LogP contribution in [0, 0.1) is 0 Å². The summed E-state index contributed by atoms with van der Waals surface area (Å²) in [5.74, 6) is 1.42. The Hall–Kier alpha value is -3.19. The Morgan fingerprint density at radius 1 is 1.15 bits per heavy atom. The number of nitrogens with one attached hydrogen (secondary N) is 1. The van der Waals surface area contributed by atoms with Crippen molar-refractivity contribution >= 4 is 23.3 Å². The van der Waals surface area contributed by atoms with Crippen LogP contribution in [0.15, 0.2) is 48.8 Å². The van der Waals surface area contributed by atoms with E-state index in [4.69, 9.17) is 16.3 Å². The highest BCUT2D eigenvalue weighted by atomic mass is 35.5. The Bertz CT molecular complexity index is 1150. The molecule has 33 heavy (non-hydrogen) atoms. The summed E-state index contributed by atoms with van der Waals surface area (Å²) in [7, 11) is 0. The van der Waals surface area contributed by atoms with E-state index in [9.17, 15) is 4.79 Å². The monoisotopic (exact) mass is 463 g/mol. The third kappa shape index (κ3) is 5.25. The van der Waals surface area contributed by atoms with Crippen molar-refractivity contribution in [2.75, 3.05) is 18.0 Å². The summed E-state index contributed by atoms with van der Waals surface area (Å²) in [5, 5.41) is 11.7. The molecule has 0 bridgehead atoms. The molecule has 0 atom stereocenters. The summed E-state index contributed by atoms with van der Waals surface area (Å²) in [6.45, 7) is 2.40. The molecule has 1 aliphatic heterocycles. The summed E-state index contributed by atoms with van der Waals surface area (Å²) < 4.78 is 5.80. The summed E-state index contributed by atoms with van der Waals surface area (Å²) >= 11 is 6.39. The number of carbonyl (C=O) groups excluding carboxylic acids is 1. The number of halogens is 1. The molecule has 1 amide bonds. The average Bonchev–Trinajstić information content (AvgIpc) is 3.69. The van der Waals surface area contributed by atoms with Crippen molar-refractivity contribution in [3.8, 4) is 17.0 Å². The van der Waals surface area contributed by atoms with Crippen molar-refractivity contribution in [3.63, 3.8) is 0 Å². The zero-order valence-electron chi connectivity index (χ0n) is 18.3. The van der Waals surface area contributed by atoms with Crippen molar-refractivity contribution in [1.82, 2.24) is 20.5 Å². The van der Waals surface area contributed by atoms with E-state index in [1.807, 2.05) is 24.3 Å². The molecule has 5 rings (SSSR count). The SMILES string of the molecule is O=C(NCc1cccnc1N1CCCCC1)c1cnnc(-c2ccc(OC3CC3)c(Cl)c2)c1. The van der Waals surface area contributed by atoms with Crippen LogP contribution in [-0.2, 0) is 6.54 Å². The molecule has 2 aliphatic rings. The van der Waals surface area contributed by atoms with Crippen molar-refractivity contribution in [2.45, 2.75) is 44.8 Å². The molecule has 0 radical (unpaired) electrons. The van der Waals surface area contributed by atoms with E-state index in [0.29, 0.717) is 28.6 Å². The Balaban J connectivity index is 1.28. The highest BCUT2D eigenvalue weighted by molar-refractivity contribution is 6.32. The molecule has 1 N–H and O–H groups in total. The maximum absolute atomic E-state index is 12.9. The van der Waals surface area contributed by atoms with Gasteiger partial charge in [-0.25, -0.2) is 4.98 Å². The number of carbonyl (C=O) groups is 1. The molecular formula is C25H26ClN5O2. The quantitative estimate of drug-likeness (QED) is 0.549. The van der Waals surface area contributed by atoms with Gasteiger partial charge in [-0.2, -0.15) is 10.2 Å². The molecule has 3 heterocycles. The summed E-state index contributed by atoms with van der Waals surface area (Å²) in [6.07, 6.45) is 9.29. The van der Waals surface area contributed by atoms with E-state index < -0.39 is 0 Å². The van der Waals surface area contributed by atoms with Gasteiger partial charge in [0.1, 0.15) is 11.6 Å². The van der Waals surface area contributed by atoms with Crippen molar-refractivity contribution in [1.29, 1.82) is 0 Å². The van der Waals surface area contributed by atoms with Crippen LogP contribution in [0.3, 0.4) is 0 Å². The van der Waals surface area contributed by atoms with Gasteiger partial charge in [-0.05, 0) is 62.4 Å². The number of piperidine rings is 1. The van der Waals surface area contributed by atoms with Crippen molar-refractivity contribution in [3.05, 3.63) is 64.9 Å². The minimum Gasteiger partial charge on any atom is -0.489 e. The molecule has 1 saturated carbocycles. The number of anilines is 1. The van der Waals surface area contributed by atoms with Crippen LogP contribution in [0.5, 0.6) is 5.75 Å². The fraction of sp³-hybridized carbons (Fsp3) is 0.360. The first-order valence-electron chi connectivity index (χ1n) is 11.4. The third-order valence-electron chi connectivity index (χ3n) is 5.92. The van der Waals surface area contributed by atoms with Gasteiger partial charge in [0.05, 0.1) is 28.6 Å². The van der Waals surface area contributed by atoms with E-state index >= 15 is 0 Å². The number of rotatable bonds is 7. The van der Waals surface area contributed by atoms with Gasteiger partial charge in [0.15, 0.2) is 0 Å². The first-order chi connectivity index (χ1) is 16.2. The van der Waals surface area contributed by atoms with Crippen molar-refractivity contribution < 1.29 is 9.53 Å². The van der Waals surface area contributed by atoms with Gasteiger partial charge in [-0.3, -0.25) is 4.79 Å². The van der Waals surface area contributed by atoms with E-state index in [1.54, 1.807) is 18.3 Å². The lowest BCUT2D eigenvalue weighted by molar-refractivity contribution is 0.0950. The Labute approximate surface area is 198 Å². The topological polar surface area (TPSA) is 80.2 Å². The van der Waals surface area contributed by atoms with Crippen LogP contribution in [-0.4, -0.2) is 40.3 Å². The molecule has 3 aromatic rings. The van der Waals surface area contributed by atoms with Crippen LogP contribution < -0.4 is 15.0 Å². The number of hydrogen-bond donors (Lipinski definition) is 1. The molecule has 8 heteroatoms. The normalized spacial score (nSPS) is 15.8. The van der Waals surface area contributed by atoms with Gasteiger partial charge >= 0.3 is 0 Å². The number of amides is 1. The lowest BCUT2D eigenvalue weighted by Crippen LogP contribution is -2.32. The molecule has 2 aromatic heterocycles. The summed E-state index contributed by atoms with van der Waals surface area (Å²) in [5.41, 5.74) is 2.81. The maximum atomic E-state index is 12.9. The summed E-state index contributed by atoms with van der Waals surface area (Å²) in [6, 6.07) is 11.2. The molecule has 1 saturated heterocycles. The van der Waals surface area contributed by atoms with Crippen LogP contribution in [0.25, 0.3) is 11.3 Å². The third-order valence-corrected chi connectivity index (χ3v) is 6.22. The Morgan fingerprint density at radius 3 is 2.79 bits per heavy atom. The van der Waals surface area contributed by atoms with Gasteiger partial charge < -0.3 is 15.0 Å². The van der Waals surface area contributed by atoms with Gasteiger partial charge in [0.2, 0.25) is 0 Å². The Kier molecular flexibility index (Phi) is 6.39. The van der Waals surface area contributed by atoms with Gasteiger partial charge in [-0.15, -0.1) is 0 Å². The number of pyridine rings is 1. The number of nitrogens with zero attached hydrogens (tertiary/aromatic N) is 4. The van der Waals surface area contributed by atoms with Gasteiger partial charge in [0.25, 0.3) is 5.91 Å². The fourth-order valence-electron chi connectivity index (χ4n) is 3.99. The molecule has 1 aliphatic carbocycles. The first-order valence-corrected chi connectivity index (χ1v) is 11.8. The number of ether oxygens (including phenoxy) is 1. The molecular weight excluding hydrogens is 438 g/mol. The lowest BCUT2D eigenvalue weighted by atomic mass is 10.1. The lowest BCUT2D eigenvalue weighted by Gasteiger charge is -2.29. The van der Waals surface area contributed by atoms with Crippen LogP contribution in [0.2, 0.25) is 5.02 Å². The average molecular weight is 464 g/mol. The van der Waals surface area contributed by atoms with Crippen LogP contribution in [0.4, 0.5) is 5.82 Å². The highest BCUT2D eigenvalue weighted by Crippen LogP contribution is 2.34. The number of benzene rings is 1. The van der Waals surface area contributed by atoms with Crippen LogP contribution >= 0.6 is 11.6 Å². The number of hydrogen-bond acceptors (Lipinski definition) is 6. The number of aromatic nitrogens is 3. The zero-order chi connectivity index (χ0) is 22.6. The largest absolute Gasteiger partial charge is 0.489 e. The predicted molar refractivity (Wildman–Crippen MR) is 128 cm³/mol. The molecule has 170 valence electrons. The van der Waals surface area contributed by atoms with Crippen LogP contribution in [0.1, 0.15) is 48.0 Å². The minimum atomic E-state index is -0.209. The first kappa shape index (κ1) is 21.6. The van der Waals surface area contributed by atoms with E-state index in [0.717, 1.165) is 42.9 Å². The predicted octanol–water partition coefficient (Wildman–Crippen LogP) is 4.65. The minimum absolute atomic E-state index is 0.209. The molecule has 1 aromatic carbocycles. The second-order valence-corrected chi connectivity index (χ2v) is 8.92. The maximum Gasteiger partial charge on any atom is 0.253 e. The second-order valence-electron chi connectivity index (χ2n) is 8.51. The van der Waals surface area contributed by atoms with E-state index in [2.05, 4.69) is 25.4 Å². The molecule has 7 nitrogen and oxygen atoms in total. The smallest absolute Gasteiger partial charge is 0.253 e. The Morgan fingerprint density at radius 2 is 2.00 bits per heavy atom.